The average molecular weight is 442 g/mol. The zero-order valence-electron chi connectivity index (χ0n) is 19.4. The fourth-order valence-corrected chi connectivity index (χ4v) is 4.77. The van der Waals surface area contributed by atoms with Gasteiger partial charge < -0.3 is 14.5 Å². The molecule has 0 radical (unpaired) electrons. The van der Waals surface area contributed by atoms with Crippen molar-refractivity contribution in [2.24, 2.45) is 4.99 Å². The van der Waals surface area contributed by atoms with Crippen molar-refractivity contribution in [3.8, 4) is 0 Å². The molecule has 166 valence electrons. The van der Waals surface area contributed by atoms with Crippen molar-refractivity contribution in [2.75, 3.05) is 14.2 Å². The molecule has 7 heteroatoms. The largest absolute Gasteiger partial charge is 0.466 e. The van der Waals surface area contributed by atoms with Gasteiger partial charge in [-0.3, -0.25) is 4.79 Å². The topological polar surface area (TPSA) is 62.2 Å². The quantitative estimate of drug-likeness (QED) is 0.599. The first kappa shape index (κ1) is 23.1. The predicted molar refractivity (Wildman–Crippen MR) is 125 cm³/mol. The Bertz CT molecular complexity index is 994. The van der Waals surface area contributed by atoms with E-state index in [1.807, 2.05) is 52.0 Å². The number of nitrogens with zero attached hydrogens (tertiary/aromatic N) is 3. The van der Waals surface area contributed by atoms with Crippen molar-refractivity contribution in [3.05, 3.63) is 57.3 Å². The van der Waals surface area contributed by atoms with Crippen LogP contribution >= 0.6 is 11.8 Å². The number of ether oxygens (including phenoxy) is 1. The summed E-state index contributed by atoms with van der Waals surface area (Å²) in [7, 11) is 3.22. The van der Waals surface area contributed by atoms with Crippen LogP contribution in [-0.4, -0.2) is 47.0 Å². The van der Waals surface area contributed by atoms with E-state index in [0.29, 0.717) is 12.0 Å². The first-order valence-corrected chi connectivity index (χ1v) is 11.4. The van der Waals surface area contributed by atoms with E-state index >= 15 is 0 Å². The molecule has 0 N–H and O–H groups in total. The summed E-state index contributed by atoms with van der Waals surface area (Å²) in [6, 6.07) is 5.98. The highest BCUT2D eigenvalue weighted by Crippen LogP contribution is 2.46. The summed E-state index contributed by atoms with van der Waals surface area (Å²) >= 11 is 1.50. The van der Waals surface area contributed by atoms with E-state index in [4.69, 9.17) is 9.73 Å². The molecule has 1 unspecified atom stereocenters. The zero-order valence-corrected chi connectivity index (χ0v) is 20.2. The van der Waals surface area contributed by atoms with Gasteiger partial charge in [-0.05, 0) is 50.7 Å². The van der Waals surface area contributed by atoms with E-state index in [9.17, 15) is 9.59 Å². The standard InChI is InChI=1S/C24H31N3O3S/c1-8-19-21(23(29)30-7)22(18-11-15(4)9-10-16(18)5)27-17(13-31-24(27)25-19)12-20(28)26(6)14(2)3/h9-11,13-14,22H,8,12H2,1-7H3. The molecule has 2 aliphatic heterocycles. The third-order valence-electron chi connectivity index (χ3n) is 5.86. The first-order valence-electron chi connectivity index (χ1n) is 10.6. The Labute approximate surface area is 189 Å². The molecule has 0 fully saturated rings. The second-order valence-electron chi connectivity index (χ2n) is 8.23. The SMILES string of the molecule is CCC1=C(C(=O)OC)C(c2cc(C)ccc2C)N2C(CC(=O)N(C)C(C)C)=CSC2=N1. The van der Waals surface area contributed by atoms with E-state index in [1.54, 1.807) is 4.90 Å². The lowest BCUT2D eigenvalue weighted by molar-refractivity contribution is -0.136. The molecule has 1 amide bonds. The number of thioether (sulfide) groups is 1. The molecule has 6 nitrogen and oxygen atoms in total. The molecule has 0 saturated carbocycles. The lowest BCUT2D eigenvalue weighted by atomic mass is 9.89. The number of benzene rings is 1. The third kappa shape index (κ3) is 4.42. The Hall–Kier alpha value is -2.54. The predicted octanol–water partition coefficient (Wildman–Crippen LogP) is 4.70. The van der Waals surface area contributed by atoms with Gasteiger partial charge in [0.25, 0.3) is 0 Å². The molecule has 1 aromatic carbocycles. The van der Waals surface area contributed by atoms with Crippen LogP contribution in [0, 0.1) is 13.8 Å². The normalized spacial score (nSPS) is 18.1. The van der Waals surface area contributed by atoms with E-state index in [0.717, 1.165) is 33.3 Å². The maximum atomic E-state index is 13.0. The number of aliphatic imine (C=N–C) groups is 1. The summed E-state index contributed by atoms with van der Waals surface area (Å²) in [6.07, 6.45) is 0.867. The van der Waals surface area contributed by atoms with Gasteiger partial charge in [0.15, 0.2) is 5.17 Å². The minimum Gasteiger partial charge on any atom is -0.466 e. The fourth-order valence-electron chi connectivity index (χ4n) is 3.83. The summed E-state index contributed by atoms with van der Waals surface area (Å²) in [4.78, 5) is 34.4. The van der Waals surface area contributed by atoms with E-state index in [1.165, 1.54) is 18.9 Å². The summed E-state index contributed by atoms with van der Waals surface area (Å²) in [6.45, 7) is 10.1. The lowest BCUT2D eigenvalue weighted by Crippen LogP contribution is -2.39. The Morgan fingerprint density at radius 1 is 1.29 bits per heavy atom. The smallest absolute Gasteiger partial charge is 0.338 e. The molecule has 0 aliphatic carbocycles. The summed E-state index contributed by atoms with van der Waals surface area (Å²) in [5.74, 6) is -0.347. The number of amidine groups is 1. The Kier molecular flexibility index (Phi) is 6.94. The van der Waals surface area contributed by atoms with Gasteiger partial charge in [0, 0.05) is 18.8 Å². The van der Waals surface area contributed by atoms with Crippen molar-refractivity contribution in [3.63, 3.8) is 0 Å². The molecule has 0 bridgehead atoms. The summed E-state index contributed by atoms with van der Waals surface area (Å²) in [5, 5.41) is 2.78. The second kappa shape index (κ2) is 9.30. The molecular weight excluding hydrogens is 410 g/mol. The van der Waals surface area contributed by atoms with Gasteiger partial charge in [0.2, 0.25) is 5.91 Å². The van der Waals surface area contributed by atoms with Gasteiger partial charge in [-0.15, -0.1) is 0 Å². The number of hydrogen-bond acceptors (Lipinski definition) is 6. The maximum Gasteiger partial charge on any atom is 0.338 e. The molecular formula is C24H31N3O3S. The van der Waals surface area contributed by atoms with Crippen LogP contribution in [0.25, 0.3) is 0 Å². The lowest BCUT2D eigenvalue weighted by Gasteiger charge is -2.37. The van der Waals surface area contributed by atoms with Crippen molar-refractivity contribution in [2.45, 2.75) is 59.5 Å². The van der Waals surface area contributed by atoms with Crippen molar-refractivity contribution in [1.82, 2.24) is 9.80 Å². The van der Waals surface area contributed by atoms with Gasteiger partial charge in [-0.2, -0.15) is 0 Å². The first-order chi connectivity index (χ1) is 14.7. The number of amides is 1. The monoisotopic (exact) mass is 441 g/mol. The van der Waals surface area contributed by atoms with Crippen molar-refractivity contribution < 1.29 is 14.3 Å². The number of carbonyl (C=O) groups is 2. The van der Waals surface area contributed by atoms with Gasteiger partial charge in [0.05, 0.1) is 30.8 Å². The molecule has 3 rings (SSSR count). The minimum absolute atomic E-state index is 0.0349. The van der Waals surface area contributed by atoms with Gasteiger partial charge in [0.1, 0.15) is 0 Å². The Morgan fingerprint density at radius 2 is 2.00 bits per heavy atom. The molecule has 2 aliphatic rings. The molecule has 31 heavy (non-hydrogen) atoms. The number of allylic oxidation sites excluding steroid dienone is 1. The number of methoxy groups -OCH3 is 1. The van der Waals surface area contributed by atoms with Gasteiger partial charge >= 0.3 is 5.97 Å². The Morgan fingerprint density at radius 3 is 2.61 bits per heavy atom. The average Bonchev–Trinajstić information content (AvgIpc) is 3.15. The summed E-state index contributed by atoms with van der Waals surface area (Å²) < 4.78 is 5.18. The summed E-state index contributed by atoms with van der Waals surface area (Å²) in [5.41, 5.74) is 5.34. The number of esters is 1. The van der Waals surface area contributed by atoms with Crippen LogP contribution in [0.5, 0.6) is 0 Å². The number of hydrogen-bond donors (Lipinski definition) is 0. The maximum absolute atomic E-state index is 13.0. The molecule has 0 aromatic heterocycles. The van der Waals surface area contributed by atoms with Crippen LogP contribution in [0.15, 0.2) is 45.6 Å². The Balaban J connectivity index is 2.13. The highest BCUT2D eigenvalue weighted by Gasteiger charge is 2.42. The molecule has 1 atom stereocenters. The number of carbonyl (C=O) groups excluding carboxylic acids is 2. The van der Waals surface area contributed by atoms with Crippen LogP contribution in [0.2, 0.25) is 0 Å². The molecule has 0 spiro atoms. The van der Waals surface area contributed by atoms with Crippen LogP contribution < -0.4 is 0 Å². The van der Waals surface area contributed by atoms with Gasteiger partial charge in [-0.1, -0.05) is 42.4 Å². The zero-order chi connectivity index (χ0) is 22.9. The molecule has 1 aromatic rings. The van der Waals surface area contributed by atoms with Crippen LogP contribution in [0.1, 0.15) is 56.3 Å². The molecule has 0 saturated heterocycles. The van der Waals surface area contributed by atoms with Crippen molar-refractivity contribution in [1.29, 1.82) is 0 Å². The molecule has 2 heterocycles. The number of rotatable bonds is 6. The second-order valence-corrected chi connectivity index (χ2v) is 9.07. The van der Waals surface area contributed by atoms with Crippen molar-refractivity contribution >= 4 is 28.8 Å². The van der Waals surface area contributed by atoms with E-state index in [2.05, 4.69) is 18.2 Å². The van der Waals surface area contributed by atoms with E-state index < -0.39 is 0 Å². The highest BCUT2D eigenvalue weighted by atomic mass is 32.2. The van der Waals surface area contributed by atoms with Crippen LogP contribution in [0.3, 0.4) is 0 Å². The minimum atomic E-state index is -0.382. The fraction of sp³-hybridized carbons (Fsp3) is 0.458. The van der Waals surface area contributed by atoms with Crippen LogP contribution in [-0.2, 0) is 14.3 Å². The van der Waals surface area contributed by atoms with Crippen LogP contribution in [0.4, 0.5) is 0 Å². The third-order valence-corrected chi connectivity index (χ3v) is 6.75. The highest BCUT2D eigenvalue weighted by molar-refractivity contribution is 8.16. The van der Waals surface area contributed by atoms with E-state index in [-0.39, 0.29) is 30.4 Å². The number of aryl methyl sites for hydroxylation is 2. The van der Waals surface area contributed by atoms with Gasteiger partial charge in [-0.25, -0.2) is 9.79 Å². The number of fused-ring (bicyclic) bond motifs is 1.